The zero-order valence-electron chi connectivity index (χ0n) is 20.9. The summed E-state index contributed by atoms with van der Waals surface area (Å²) in [7, 11) is 1.30. The lowest BCUT2D eigenvalue weighted by Crippen LogP contribution is -2.33. The van der Waals surface area contributed by atoms with Gasteiger partial charge in [0.2, 0.25) is 11.8 Å². The van der Waals surface area contributed by atoms with Gasteiger partial charge in [0.05, 0.1) is 25.0 Å². The molecule has 0 radical (unpaired) electrons. The molecule has 1 aliphatic heterocycles. The molecule has 0 aliphatic carbocycles. The van der Waals surface area contributed by atoms with E-state index >= 15 is 0 Å². The summed E-state index contributed by atoms with van der Waals surface area (Å²) in [6.45, 7) is 2.30. The predicted octanol–water partition coefficient (Wildman–Crippen LogP) is 4.19. The van der Waals surface area contributed by atoms with E-state index in [1.54, 1.807) is 35.2 Å². The fourth-order valence-electron chi connectivity index (χ4n) is 3.92. The van der Waals surface area contributed by atoms with E-state index in [9.17, 15) is 19.2 Å². The van der Waals surface area contributed by atoms with Gasteiger partial charge in [-0.25, -0.2) is 4.79 Å². The largest absolute Gasteiger partial charge is 0.484 e. The van der Waals surface area contributed by atoms with E-state index in [-0.39, 0.29) is 30.1 Å². The Hall–Kier alpha value is -3.83. The maximum absolute atomic E-state index is 12.8. The zero-order valence-corrected chi connectivity index (χ0v) is 22.6. The molecule has 9 nitrogen and oxygen atoms in total. The highest BCUT2D eigenvalue weighted by Crippen LogP contribution is 2.38. The monoisotopic (exact) mass is 553 g/mol. The summed E-state index contributed by atoms with van der Waals surface area (Å²) in [5, 5.41) is 6.06. The molecule has 0 fully saturated rings. The van der Waals surface area contributed by atoms with Gasteiger partial charge in [-0.05, 0) is 42.3 Å². The number of fused-ring (bicyclic) bond motifs is 1. The normalized spacial score (nSPS) is 12.3. The molecular weight excluding hydrogens is 526 g/mol. The number of hydrogen-bond acceptors (Lipinski definition) is 8. The van der Waals surface area contributed by atoms with Crippen molar-refractivity contribution in [3.8, 4) is 5.75 Å². The lowest BCUT2D eigenvalue weighted by molar-refractivity contribution is -0.129. The topological polar surface area (TPSA) is 114 Å². The number of methoxy groups -OCH3 is 1. The first kappa shape index (κ1) is 27.2. The Balaban J connectivity index is 1.34. The van der Waals surface area contributed by atoms with E-state index in [0.29, 0.717) is 41.5 Å². The minimum Gasteiger partial charge on any atom is -0.484 e. The zero-order chi connectivity index (χ0) is 27.1. The number of anilines is 2. The van der Waals surface area contributed by atoms with Crippen LogP contribution in [-0.2, 0) is 32.1 Å². The molecule has 11 heteroatoms. The van der Waals surface area contributed by atoms with Crippen molar-refractivity contribution < 1.29 is 28.7 Å². The number of benzene rings is 2. The van der Waals surface area contributed by atoms with Crippen molar-refractivity contribution in [1.29, 1.82) is 0 Å². The number of nitrogens with one attached hydrogen (secondary N) is 2. The number of carbonyl (C=O) groups is 4. The number of para-hydroxylation sites is 1. The van der Waals surface area contributed by atoms with Gasteiger partial charge in [0.15, 0.2) is 6.61 Å². The highest BCUT2D eigenvalue weighted by Gasteiger charge is 2.30. The van der Waals surface area contributed by atoms with Crippen LogP contribution in [0.25, 0.3) is 0 Å². The molecule has 0 saturated carbocycles. The maximum Gasteiger partial charge on any atom is 0.341 e. The first-order valence-corrected chi connectivity index (χ1v) is 13.6. The number of amides is 3. The van der Waals surface area contributed by atoms with Crippen LogP contribution in [0.15, 0.2) is 59.5 Å². The number of thiophene rings is 1. The molecule has 0 atom stereocenters. The number of rotatable bonds is 9. The molecule has 2 N–H and O–H groups in total. The molecule has 4 rings (SSSR count). The molecule has 3 amide bonds. The summed E-state index contributed by atoms with van der Waals surface area (Å²) >= 11 is 2.59. The molecule has 38 heavy (non-hydrogen) atoms. The van der Waals surface area contributed by atoms with Crippen LogP contribution < -0.4 is 15.4 Å². The van der Waals surface area contributed by atoms with Crippen molar-refractivity contribution in [3.05, 3.63) is 70.6 Å². The van der Waals surface area contributed by atoms with E-state index < -0.39 is 5.97 Å². The quantitative estimate of drug-likeness (QED) is 0.302. The Morgan fingerprint density at radius 2 is 1.82 bits per heavy atom. The van der Waals surface area contributed by atoms with Gasteiger partial charge in [-0.3, -0.25) is 14.4 Å². The number of ether oxygens (including phenoxy) is 2. The summed E-state index contributed by atoms with van der Waals surface area (Å²) < 4.78 is 10.4. The first-order valence-electron chi connectivity index (χ1n) is 11.8. The third-order valence-electron chi connectivity index (χ3n) is 5.75. The van der Waals surface area contributed by atoms with Crippen LogP contribution in [-0.4, -0.2) is 54.6 Å². The highest BCUT2D eigenvalue weighted by molar-refractivity contribution is 8.00. The molecule has 0 bridgehead atoms. The van der Waals surface area contributed by atoms with Gasteiger partial charge < -0.3 is 25.0 Å². The number of thioether (sulfide) groups is 1. The fourth-order valence-corrected chi connectivity index (χ4v) is 5.94. The van der Waals surface area contributed by atoms with Gasteiger partial charge in [-0.2, -0.15) is 0 Å². The standard InChI is InChI=1S/C27H27N3O6S2/c1-17(31)30-12-11-21-22(14-30)38-26(25(21)27(34)35-2)29-24(33)16-37-20-10-6-7-18(13-20)28-23(32)15-36-19-8-4-3-5-9-19/h3-10,13H,11-12,14-16H2,1-2H3,(H,28,32)(H,29,33). The molecule has 1 aliphatic rings. The van der Waals surface area contributed by atoms with Crippen molar-refractivity contribution in [3.63, 3.8) is 0 Å². The van der Waals surface area contributed by atoms with Crippen LogP contribution in [0, 0.1) is 0 Å². The fraction of sp³-hybridized carbons (Fsp3) is 0.259. The first-order chi connectivity index (χ1) is 18.3. The third-order valence-corrected chi connectivity index (χ3v) is 7.87. The summed E-state index contributed by atoms with van der Waals surface area (Å²) in [6, 6.07) is 16.2. The Labute approximate surface area is 228 Å². The summed E-state index contributed by atoms with van der Waals surface area (Å²) in [5.74, 6) is -0.427. The van der Waals surface area contributed by atoms with Crippen LogP contribution in [0.5, 0.6) is 5.75 Å². The van der Waals surface area contributed by atoms with Gasteiger partial charge in [0.1, 0.15) is 10.8 Å². The van der Waals surface area contributed by atoms with Gasteiger partial charge >= 0.3 is 5.97 Å². The molecule has 0 unspecified atom stereocenters. The Bertz CT molecular complexity index is 1340. The van der Waals surface area contributed by atoms with Crippen LogP contribution in [0.4, 0.5) is 10.7 Å². The van der Waals surface area contributed by atoms with Gasteiger partial charge in [-0.1, -0.05) is 24.3 Å². The van der Waals surface area contributed by atoms with Crippen molar-refractivity contribution in [2.45, 2.75) is 24.8 Å². The van der Waals surface area contributed by atoms with Gasteiger partial charge in [-0.15, -0.1) is 23.1 Å². The molecular formula is C27H27N3O6S2. The van der Waals surface area contributed by atoms with Crippen molar-refractivity contribution in [2.75, 3.05) is 36.6 Å². The maximum atomic E-state index is 12.8. The minimum absolute atomic E-state index is 0.0344. The van der Waals surface area contributed by atoms with E-state index in [0.717, 1.165) is 15.3 Å². The van der Waals surface area contributed by atoms with E-state index in [4.69, 9.17) is 9.47 Å². The Kier molecular flexibility index (Phi) is 9.03. The van der Waals surface area contributed by atoms with Crippen LogP contribution in [0.2, 0.25) is 0 Å². The molecule has 0 spiro atoms. The number of carbonyl (C=O) groups excluding carboxylic acids is 4. The van der Waals surface area contributed by atoms with E-state index in [1.807, 2.05) is 24.3 Å². The molecule has 3 aromatic rings. The summed E-state index contributed by atoms with van der Waals surface area (Å²) in [5.41, 5.74) is 1.77. The predicted molar refractivity (Wildman–Crippen MR) is 147 cm³/mol. The van der Waals surface area contributed by atoms with Crippen LogP contribution in [0.3, 0.4) is 0 Å². The Morgan fingerprint density at radius 3 is 2.55 bits per heavy atom. The second kappa shape index (κ2) is 12.6. The molecule has 1 aromatic heterocycles. The molecule has 2 heterocycles. The SMILES string of the molecule is COC(=O)c1c(NC(=O)CSc2cccc(NC(=O)COc3ccccc3)c2)sc2c1CCN(C(C)=O)C2. The summed E-state index contributed by atoms with van der Waals surface area (Å²) in [4.78, 5) is 52.7. The smallest absolute Gasteiger partial charge is 0.341 e. The number of hydrogen-bond donors (Lipinski definition) is 2. The average molecular weight is 554 g/mol. The lowest BCUT2D eigenvalue weighted by atomic mass is 10.0. The van der Waals surface area contributed by atoms with E-state index in [1.165, 1.54) is 37.1 Å². The van der Waals surface area contributed by atoms with E-state index in [2.05, 4.69) is 10.6 Å². The molecule has 198 valence electrons. The van der Waals surface area contributed by atoms with Gasteiger partial charge in [0.25, 0.3) is 5.91 Å². The van der Waals surface area contributed by atoms with Crippen molar-refractivity contribution >= 4 is 57.5 Å². The number of nitrogens with zero attached hydrogens (tertiary/aromatic N) is 1. The lowest BCUT2D eigenvalue weighted by Gasteiger charge is -2.25. The van der Waals surface area contributed by atoms with Crippen molar-refractivity contribution in [2.24, 2.45) is 0 Å². The molecule has 0 saturated heterocycles. The second-order valence-corrected chi connectivity index (χ2v) is 10.6. The minimum atomic E-state index is -0.513. The molecule has 2 aromatic carbocycles. The van der Waals surface area contributed by atoms with Gasteiger partial charge in [0, 0.05) is 28.9 Å². The third kappa shape index (κ3) is 6.93. The number of esters is 1. The highest BCUT2D eigenvalue weighted by atomic mass is 32.2. The Morgan fingerprint density at radius 1 is 1.03 bits per heavy atom. The van der Waals surface area contributed by atoms with Crippen LogP contribution in [0.1, 0.15) is 27.7 Å². The van der Waals surface area contributed by atoms with Crippen LogP contribution >= 0.6 is 23.1 Å². The van der Waals surface area contributed by atoms with Crippen molar-refractivity contribution in [1.82, 2.24) is 4.90 Å². The average Bonchev–Trinajstić information content (AvgIpc) is 3.28. The second-order valence-electron chi connectivity index (χ2n) is 8.40. The summed E-state index contributed by atoms with van der Waals surface area (Å²) in [6.07, 6.45) is 0.523.